The maximum Gasteiger partial charge on any atom is 0.257 e. The second kappa shape index (κ2) is 7.87. The van der Waals surface area contributed by atoms with Crippen LogP contribution in [0.1, 0.15) is 34.2 Å². The van der Waals surface area contributed by atoms with Crippen molar-refractivity contribution >= 4 is 11.6 Å². The normalized spacial score (nSPS) is 11.0. The van der Waals surface area contributed by atoms with Crippen LogP contribution in [0.25, 0.3) is 16.8 Å². The third-order valence-corrected chi connectivity index (χ3v) is 5.24. The van der Waals surface area contributed by atoms with Gasteiger partial charge in [-0.15, -0.1) is 0 Å². The lowest BCUT2D eigenvalue weighted by atomic mass is 10.1. The van der Waals surface area contributed by atoms with Gasteiger partial charge in [0.25, 0.3) is 5.91 Å². The third-order valence-electron chi connectivity index (χ3n) is 5.24. The fourth-order valence-electron chi connectivity index (χ4n) is 3.66. The summed E-state index contributed by atoms with van der Waals surface area (Å²) in [5.74, 6) is -0.0299. The van der Waals surface area contributed by atoms with E-state index < -0.39 is 0 Å². The predicted molar refractivity (Wildman–Crippen MR) is 115 cm³/mol. The van der Waals surface area contributed by atoms with Gasteiger partial charge in [-0.05, 0) is 31.9 Å². The maximum absolute atomic E-state index is 13.3. The first-order chi connectivity index (χ1) is 14.1. The molecule has 0 unspecified atom stereocenters. The van der Waals surface area contributed by atoms with Crippen LogP contribution in [-0.2, 0) is 6.54 Å². The van der Waals surface area contributed by atoms with E-state index in [0.29, 0.717) is 18.7 Å². The van der Waals surface area contributed by atoms with E-state index in [1.165, 1.54) is 0 Å². The van der Waals surface area contributed by atoms with Crippen molar-refractivity contribution in [1.82, 2.24) is 19.5 Å². The molecule has 29 heavy (non-hydrogen) atoms. The first-order valence-corrected chi connectivity index (χ1v) is 9.83. The molecule has 4 aromatic rings. The summed E-state index contributed by atoms with van der Waals surface area (Å²) in [5, 5.41) is 4.68. The highest BCUT2D eigenvalue weighted by Crippen LogP contribution is 2.28. The van der Waals surface area contributed by atoms with Crippen LogP contribution in [0.3, 0.4) is 0 Å². The van der Waals surface area contributed by atoms with Crippen LogP contribution >= 0.6 is 0 Å². The number of aryl methyl sites for hydroxylation is 2. The Labute approximate surface area is 170 Å². The van der Waals surface area contributed by atoms with E-state index in [-0.39, 0.29) is 5.91 Å². The van der Waals surface area contributed by atoms with Crippen LogP contribution in [0.15, 0.2) is 66.9 Å². The molecule has 0 fully saturated rings. The van der Waals surface area contributed by atoms with Crippen molar-refractivity contribution in [2.45, 2.75) is 27.3 Å². The molecule has 0 aliphatic rings. The molecule has 0 aliphatic heterocycles. The van der Waals surface area contributed by atoms with E-state index in [4.69, 9.17) is 0 Å². The second-order valence-corrected chi connectivity index (χ2v) is 7.12. The molecule has 146 valence electrons. The fourth-order valence-corrected chi connectivity index (χ4v) is 3.66. The van der Waals surface area contributed by atoms with Gasteiger partial charge in [-0.1, -0.05) is 60.7 Å². The molecule has 0 radical (unpaired) electrons. The smallest absolute Gasteiger partial charge is 0.257 e. The zero-order valence-corrected chi connectivity index (χ0v) is 17.0. The van der Waals surface area contributed by atoms with Gasteiger partial charge < -0.3 is 4.90 Å². The van der Waals surface area contributed by atoms with Crippen molar-refractivity contribution < 1.29 is 4.79 Å². The van der Waals surface area contributed by atoms with Crippen molar-refractivity contribution in [3.05, 3.63) is 89.4 Å². The zero-order valence-electron chi connectivity index (χ0n) is 17.0. The van der Waals surface area contributed by atoms with Crippen LogP contribution in [0, 0.1) is 13.8 Å². The number of benzene rings is 2. The molecule has 2 aromatic heterocycles. The molecule has 0 atom stereocenters. The highest BCUT2D eigenvalue weighted by molar-refractivity contribution is 5.95. The maximum atomic E-state index is 13.3. The lowest BCUT2D eigenvalue weighted by Gasteiger charge is -2.22. The van der Waals surface area contributed by atoms with E-state index in [2.05, 4.69) is 22.2 Å². The summed E-state index contributed by atoms with van der Waals surface area (Å²) in [5.41, 5.74) is 6.24. The van der Waals surface area contributed by atoms with Gasteiger partial charge in [-0.2, -0.15) is 5.10 Å². The fraction of sp³-hybridized carbons (Fsp3) is 0.208. The molecule has 5 nitrogen and oxygen atoms in total. The van der Waals surface area contributed by atoms with Crippen molar-refractivity contribution in [3.8, 4) is 11.1 Å². The molecular formula is C24H24N4O. The van der Waals surface area contributed by atoms with Crippen molar-refractivity contribution in [1.29, 1.82) is 0 Å². The number of carbonyl (C=O) groups is 1. The van der Waals surface area contributed by atoms with Crippen molar-refractivity contribution in [2.75, 3.05) is 6.54 Å². The molecule has 2 heterocycles. The van der Waals surface area contributed by atoms with Gasteiger partial charge in [0.15, 0.2) is 5.65 Å². The van der Waals surface area contributed by atoms with E-state index in [1.54, 1.807) is 10.7 Å². The quantitative estimate of drug-likeness (QED) is 0.502. The van der Waals surface area contributed by atoms with Gasteiger partial charge in [0.1, 0.15) is 0 Å². The second-order valence-electron chi connectivity index (χ2n) is 7.12. The lowest BCUT2D eigenvalue weighted by molar-refractivity contribution is 0.0750. The lowest BCUT2D eigenvalue weighted by Crippen LogP contribution is -2.31. The van der Waals surface area contributed by atoms with Gasteiger partial charge in [-0.25, -0.2) is 9.50 Å². The highest BCUT2D eigenvalue weighted by Gasteiger charge is 2.21. The Hall–Kier alpha value is -3.47. The van der Waals surface area contributed by atoms with Gasteiger partial charge in [0, 0.05) is 24.8 Å². The Morgan fingerprint density at radius 2 is 1.66 bits per heavy atom. The molecule has 0 bridgehead atoms. The predicted octanol–water partition coefficient (Wildman–Crippen LogP) is 4.68. The molecule has 0 saturated carbocycles. The number of amides is 1. The van der Waals surface area contributed by atoms with Gasteiger partial charge in [-0.3, -0.25) is 4.79 Å². The Bertz CT molecular complexity index is 1150. The highest BCUT2D eigenvalue weighted by atomic mass is 16.2. The van der Waals surface area contributed by atoms with Crippen molar-refractivity contribution in [2.24, 2.45) is 0 Å². The zero-order chi connectivity index (χ0) is 20.4. The number of nitrogens with zero attached hydrogens (tertiary/aromatic N) is 4. The molecule has 0 aliphatic carbocycles. The molecular weight excluding hydrogens is 360 g/mol. The first-order valence-electron chi connectivity index (χ1n) is 9.83. The minimum atomic E-state index is -0.0299. The summed E-state index contributed by atoms with van der Waals surface area (Å²) in [6.45, 7) is 7.10. The van der Waals surface area contributed by atoms with E-state index in [1.807, 2.05) is 74.2 Å². The van der Waals surface area contributed by atoms with Gasteiger partial charge in [0.05, 0.1) is 17.0 Å². The number of carbonyl (C=O) groups excluding carboxylic acids is 1. The van der Waals surface area contributed by atoms with E-state index >= 15 is 0 Å². The van der Waals surface area contributed by atoms with E-state index in [0.717, 1.165) is 33.7 Å². The van der Waals surface area contributed by atoms with Crippen LogP contribution in [-0.4, -0.2) is 31.9 Å². The van der Waals surface area contributed by atoms with Crippen LogP contribution in [0.4, 0.5) is 0 Å². The van der Waals surface area contributed by atoms with Gasteiger partial charge >= 0.3 is 0 Å². The number of aromatic nitrogens is 3. The van der Waals surface area contributed by atoms with Gasteiger partial charge in [0.2, 0.25) is 0 Å². The minimum absolute atomic E-state index is 0.0299. The molecule has 0 saturated heterocycles. The molecule has 0 N–H and O–H groups in total. The summed E-state index contributed by atoms with van der Waals surface area (Å²) < 4.78 is 1.79. The van der Waals surface area contributed by atoms with Crippen LogP contribution in [0.2, 0.25) is 0 Å². The summed E-state index contributed by atoms with van der Waals surface area (Å²) in [6, 6.07) is 20.1. The average molecular weight is 384 g/mol. The molecule has 4 rings (SSSR count). The average Bonchev–Trinajstić information content (AvgIpc) is 3.10. The molecule has 0 spiro atoms. The monoisotopic (exact) mass is 384 g/mol. The largest absolute Gasteiger partial charge is 0.334 e. The third kappa shape index (κ3) is 3.51. The standard InChI is InChI=1S/C24H24N4O/c1-4-27(16-19-11-7-5-8-12-19)24(29)21-15-25-23-22(20-13-9-6-10-14-20)17(2)26-28(23)18(21)3/h5-15H,4,16H2,1-3H3. The first kappa shape index (κ1) is 18.9. The van der Waals surface area contributed by atoms with Crippen LogP contribution < -0.4 is 0 Å². The van der Waals surface area contributed by atoms with E-state index in [9.17, 15) is 4.79 Å². The Morgan fingerprint density at radius 1 is 1.00 bits per heavy atom. The Morgan fingerprint density at radius 3 is 2.31 bits per heavy atom. The SMILES string of the molecule is CCN(Cc1ccccc1)C(=O)c1cnc2c(-c3ccccc3)c(C)nn2c1C. The summed E-state index contributed by atoms with van der Waals surface area (Å²) >= 11 is 0. The number of hydrogen-bond acceptors (Lipinski definition) is 3. The number of fused-ring (bicyclic) bond motifs is 1. The summed E-state index contributed by atoms with van der Waals surface area (Å²) in [6.07, 6.45) is 1.69. The summed E-state index contributed by atoms with van der Waals surface area (Å²) in [7, 11) is 0. The van der Waals surface area contributed by atoms with Crippen LogP contribution in [0.5, 0.6) is 0 Å². The molecule has 5 heteroatoms. The Kier molecular flexibility index (Phi) is 5.12. The topological polar surface area (TPSA) is 50.5 Å². The Balaban J connectivity index is 1.73. The molecule has 1 amide bonds. The number of hydrogen-bond donors (Lipinski definition) is 0. The summed E-state index contributed by atoms with van der Waals surface area (Å²) in [4.78, 5) is 19.7. The number of rotatable bonds is 5. The minimum Gasteiger partial charge on any atom is -0.334 e. The van der Waals surface area contributed by atoms with Crippen molar-refractivity contribution in [3.63, 3.8) is 0 Å². The molecule has 2 aromatic carbocycles.